The molecule has 1 aromatic heterocycles. The Bertz CT molecular complexity index is 242. The topological polar surface area (TPSA) is 17.8 Å². The van der Waals surface area contributed by atoms with Crippen LogP contribution < -0.4 is 0 Å². The summed E-state index contributed by atoms with van der Waals surface area (Å²) in [5.74, 6) is 0. The standard InChI is InChI=1S/C5H2ClF3N2/c6-4-1-10-11(2-4)3-5(7,8)9/h3H2. The fourth-order valence-electron chi connectivity index (χ4n) is 0.512. The SMILES string of the molecule is FC(F)(F)Cn1[c]c(Cl)[c]n1. The van der Waals surface area contributed by atoms with Gasteiger partial charge in [0.05, 0.1) is 5.02 Å². The Morgan fingerprint density at radius 3 is 2.55 bits per heavy atom. The van der Waals surface area contributed by atoms with E-state index in [9.17, 15) is 13.2 Å². The van der Waals surface area contributed by atoms with Crippen molar-refractivity contribution < 1.29 is 13.2 Å². The predicted molar refractivity (Wildman–Crippen MR) is 31.0 cm³/mol. The molecule has 0 amide bonds. The Kier molecular flexibility index (Phi) is 2.08. The zero-order chi connectivity index (χ0) is 8.48. The summed E-state index contributed by atoms with van der Waals surface area (Å²) in [6.07, 6.45) is -0.0499. The van der Waals surface area contributed by atoms with Gasteiger partial charge in [-0.05, 0) is 0 Å². The van der Waals surface area contributed by atoms with Gasteiger partial charge < -0.3 is 0 Å². The summed E-state index contributed by atoms with van der Waals surface area (Å²) in [4.78, 5) is 0. The van der Waals surface area contributed by atoms with E-state index in [-0.39, 0.29) is 5.02 Å². The van der Waals surface area contributed by atoms with Gasteiger partial charge in [-0.2, -0.15) is 18.3 Å². The van der Waals surface area contributed by atoms with Crippen LogP contribution in [-0.4, -0.2) is 16.0 Å². The molecule has 1 aromatic rings. The van der Waals surface area contributed by atoms with Crippen LogP contribution in [-0.2, 0) is 6.54 Å². The third-order valence-corrected chi connectivity index (χ3v) is 0.994. The van der Waals surface area contributed by atoms with E-state index in [2.05, 4.69) is 17.5 Å². The number of aromatic nitrogens is 2. The zero-order valence-corrected chi connectivity index (χ0v) is 5.87. The third-order valence-electron chi connectivity index (χ3n) is 0.825. The lowest BCUT2D eigenvalue weighted by atomic mass is 10.6. The largest absolute Gasteiger partial charge is 0.408 e. The second-order valence-corrected chi connectivity index (χ2v) is 2.19. The first-order chi connectivity index (χ1) is 4.97. The van der Waals surface area contributed by atoms with Gasteiger partial charge in [0.1, 0.15) is 18.9 Å². The monoisotopic (exact) mass is 182 g/mol. The summed E-state index contributed by atoms with van der Waals surface area (Å²) in [6.45, 7) is -1.18. The minimum atomic E-state index is -4.29. The van der Waals surface area contributed by atoms with Gasteiger partial charge in [-0.15, -0.1) is 0 Å². The van der Waals surface area contributed by atoms with E-state index in [0.717, 1.165) is 0 Å². The molecule has 6 heteroatoms. The number of halogens is 4. The van der Waals surface area contributed by atoms with Gasteiger partial charge in [-0.25, -0.2) is 0 Å². The number of nitrogens with zero attached hydrogens (tertiary/aromatic N) is 2. The summed E-state index contributed by atoms with van der Waals surface area (Å²) in [6, 6.07) is 0. The van der Waals surface area contributed by atoms with Crippen molar-refractivity contribution in [1.29, 1.82) is 0 Å². The highest BCUT2D eigenvalue weighted by Gasteiger charge is 2.28. The minimum Gasteiger partial charge on any atom is -0.252 e. The lowest BCUT2D eigenvalue weighted by Gasteiger charge is -2.03. The predicted octanol–water partition coefficient (Wildman–Crippen LogP) is 1.70. The number of hydrogen-bond acceptors (Lipinski definition) is 1. The van der Waals surface area contributed by atoms with Gasteiger partial charge in [0.2, 0.25) is 0 Å². The van der Waals surface area contributed by atoms with E-state index < -0.39 is 12.7 Å². The first-order valence-corrected chi connectivity index (χ1v) is 2.95. The molecule has 2 nitrogen and oxygen atoms in total. The van der Waals surface area contributed by atoms with Gasteiger partial charge in [0, 0.05) is 0 Å². The van der Waals surface area contributed by atoms with Crippen molar-refractivity contribution >= 4 is 11.6 Å². The van der Waals surface area contributed by atoms with Crippen molar-refractivity contribution in [3.63, 3.8) is 0 Å². The zero-order valence-electron chi connectivity index (χ0n) is 5.11. The van der Waals surface area contributed by atoms with E-state index in [1.54, 1.807) is 0 Å². The molecule has 0 aliphatic carbocycles. The van der Waals surface area contributed by atoms with E-state index >= 15 is 0 Å². The number of hydrogen-bond donors (Lipinski definition) is 0. The third kappa shape index (κ3) is 2.80. The molecule has 0 bridgehead atoms. The first-order valence-electron chi connectivity index (χ1n) is 2.57. The highest BCUT2D eigenvalue weighted by molar-refractivity contribution is 6.30. The van der Waals surface area contributed by atoms with Crippen molar-refractivity contribution in [2.24, 2.45) is 0 Å². The maximum Gasteiger partial charge on any atom is 0.408 e. The molecule has 0 saturated heterocycles. The lowest BCUT2D eigenvalue weighted by Crippen LogP contribution is -2.17. The lowest BCUT2D eigenvalue weighted by molar-refractivity contribution is -0.142. The summed E-state index contributed by atoms with van der Waals surface area (Å²) in [7, 11) is 0. The smallest absolute Gasteiger partial charge is 0.252 e. The Morgan fingerprint density at radius 2 is 2.18 bits per heavy atom. The average molecular weight is 183 g/mol. The van der Waals surface area contributed by atoms with Crippen LogP contribution in [0, 0.1) is 12.4 Å². The molecule has 0 fully saturated rings. The van der Waals surface area contributed by atoms with Crippen LogP contribution in [0.5, 0.6) is 0 Å². The van der Waals surface area contributed by atoms with Crippen molar-refractivity contribution in [3.8, 4) is 0 Å². The van der Waals surface area contributed by atoms with Crippen LogP contribution in [0.25, 0.3) is 0 Å². The maximum atomic E-state index is 11.6. The molecule has 0 spiro atoms. The normalized spacial score (nSPS) is 12.0. The molecular formula is C5H2ClF3N2. The van der Waals surface area contributed by atoms with Crippen LogP contribution in [0.2, 0.25) is 5.02 Å². The van der Waals surface area contributed by atoms with Crippen molar-refractivity contribution in [3.05, 3.63) is 17.4 Å². The van der Waals surface area contributed by atoms with Gasteiger partial charge in [-0.1, -0.05) is 11.6 Å². The molecular weight excluding hydrogens is 181 g/mol. The molecule has 0 atom stereocenters. The second kappa shape index (κ2) is 2.73. The maximum absolute atomic E-state index is 11.6. The number of rotatable bonds is 1. The van der Waals surface area contributed by atoms with E-state index in [4.69, 9.17) is 11.6 Å². The Labute approximate surface area is 65.6 Å². The summed E-state index contributed by atoms with van der Waals surface area (Å²) in [5, 5.41) is 3.14. The van der Waals surface area contributed by atoms with Crippen molar-refractivity contribution in [1.82, 2.24) is 9.78 Å². The average Bonchev–Trinajstić information content (AvgIpc) is 2.10. The van der Waals surface area contributed by atoms with Crippen LogP contribution in [0.15, 0.2) is 0 Å². The molecule has 0 aliphatic rings. The Balaban J connectivity index is 2.65. The van der Waals surface area contributed by atoms with Gasteiger partial charge in [0.25, 0.3) is 0 Å². The molecule has 2 radical (unpaired) electrons. The van der Waals surface area contributed by atoms with Gasteiger partial charge in [-0.3, -0.25) is 4.68 Å². The highest BCUT2D eigenvalue weighted by Crippen LogP contribution is 2.17. The van der Waals surface area contributed by atoms with E-state index in [1.807, 2.05) is 0 Å². The van der Waals surface area contributed by atoms with Crippen LogP contribution in [0.3, 0.4) is 0 Å². The molecule has 1 heterocycles. The quantitative estimate of drug-likeness (QED) is 0.647. The van der Waals surface area contributed by atoms with Crippen LogP contribution >= 0.6 is 11.6 Å². The molecule has 0 aliphatic heterocycles. The highest BCUT2D eigenvalue weighted by atomic mass is 35.5. The number of alkyl halides is 3. The molecule has 11 heavy (non-hydrogen) atoms. The van der Waals surface area contributed by atoms with E-state index in [1.165, 1.54) is 0 Å². The van der Waals surface area contributed by atoms with Crippen LogP contribution in [0.1, 0.15) is 0 Å². The first kappa shape index (κ1) is 8.39. The van der Waals surface area contributed by atoms with Crippen molar-refractivity contribution in [2.45, 2.75) is 12.7 Å². The molecule has 0 saturated carbocycles. The Morgan fingerprint density at radius 1 is 1.55 bits per heavy atom. The minimum absolute atomic E-state index is 0.0470. The van der Waals surface area contributed by atoms with E-state index in [0.29, 0.717) is 4.68 Å². The molecule has 0 aromatic carbocycles. The van der Waals surface area contributed by atoms with Crippen LogP contribution in [0.4, 0.5) is 13.2 Å². The molecule has 0 N–H and O–H groups in total. The fraction of sp³-hybridized carbons (Fsp3) is 0.400. The van der Waals surface area contributed by atoms with Gasteiger partial charge >= 0.3 is 6.18 Å². The summed E-state index contributed by atoms with van der Waals surface area (Å²) >= 11 is 5.23. The molecule has 60 valence electrons. The fourth-order valence-corrected chi connectivity index (χ4v) is 0.648. The second-order valence-electron chi connectivity index (χ2n) is 1.81. The summed E-state index contributed by atoms with van der Waals surface area (Å²) < 4.78 is 35.4. The summed E-state index contributed by atoms with van der Waals surface area (Å²) in [5.41, 5.74) is 0. The van der Waals surface area contributed by atoms with Gasteiger partial charge in [0.15, 0.2) is 0 Å². The molecule has 0 unspecified atom stereocenters. The molecule has 1 rings (SSSR count). The Hall–Kier alpha value is -0.710. The van der Waals surface area contributed by atoms with Crippen molar-refractivity contribution in [2.75, 3.05) is 0 Å².